The average molecular weight is 306 g/mol. The Morgan fingerprint density at radius 1 is 1.43 bits per heavy atom. The van der Waals surface area contributed by atoms with Crippen molar-refractivity contribution in [3.05, 3.63) is 48.0 Å². The molecule has 6 heteroatoms. The van der Waals surface area contributed by atoms with E-state index in [1.807, 2.05) is 6.07 Å². The van der Waals surface area contributed by atoms with Gasteiger partial charge in [-0.05, 0) is 31.6 Å². The molecule has 4 nitrogen and oxygen atoms in total. The summed E-state index contributed by atoms with van der Waals surface area (Å²) in [5.74, 6) is -0.225. The zero-order valence-corrected chi connectivity index (χ0v) is 13.0. The van der Waals surface area contributed by atoms with E-state index in [9.17, 15) is 4.39 Å². The highest BCUT2D eigenvalue weighted by Gasteiger charge is 2.06. The summed E-state index contributed by atoms with van der Waals surface area (Å²) in [6.07, 6.45) is 4.47. The number of aromatic nitrogens is 2. The van der Waals surface area contributed by atoms with Gasteiger partial charge in [0, 0.05) is 17.8 Å². The second-order valence-electron chi connectivity index (χ2n) is 4.93. The Hall–Kier alpha value is -1.95. The molecule has 0 saturated heterocycles. The number of halogens is 1. The molecule has 2 N–H and O–H groups in total. The maximum atomic E-state index is 13.6. The Balaban J connectivity index is 1.96. The molecule has 0 bridgehead atoms. The number of rotatable bonds is 5. The van der Waals surface area contributed by atoms with Crippen molar-refractivity contribution in [1.82, 2.24) is 15.1 Å². The molecule has 0 aliphatic carbocycles. The number of nitrogens with zero attached hydrogens (tertiary/aromatic N) is 2. The summed E-state index contributed by atoms with van der Waals surface area (Å²) in [5, 5.41) is 11.0. The Morgan fingerprint density at radius 2 is 2.19 bits per heavy atom. The Morgan fingerprint density at radius 3 is 2.90 bits per heavy atom. The van der Waals surface area contributed by atoms with Crippen molar-refractivity contribution < 1.29 is 4.39 Å². The van der Waals surface area contributed by atoms with Crippen LogP contribution >= 0.6 is 12.2 Å². The van der Waals surface area contributed by atoms with Crippen molar-refractivity contribution in [3.8, 4) is 0 Å². The number of hydrogen-bond donors (Lipinski definition) is 2. The van der Waals surface area contributed by atoms with E-state index in [1.165, 1.54) is 6.07 Å². The third kappa shape index (κ3) is 4.53. The predicted molar refractivity (Wildman–Crippen MR) is 86.8 cm³/mol. The molecule has 0 saturated carbocycles. The fraction of sp³-hybridized carbons (Fsp3) is 0.333. The standard InChI is InChI=1S/C15H19FN4S/c1-3-11(2)18-15(21)19-13-8-17-20(10-13)9-12-6-4-5-7-14(12)16/h4-8,10-11H,3,9H2,1-2H3,(H2,18,19,21). The summed E-state index contributed by atoms with van der Waals surface area (Å²) in [6.45, 7) is 4.54. The monoisotopic (exact) mass is 306 g/mol. The van der Waals surface area contributed by atoms with Crippen LogP contribution in [0.25, 0.3) is 0 Å². The fourth-order valence-electron chi connectivity index (χ4n) is 1.81. The molecule has 0 radical (unpaired) electrons. The number of thiocarbonyl (C=S) groups is 1. The summed E-state index contributed by atoms with van der Waals surface area (Å²) in [6, 6.07) is 7.00. The molecule has 0 aliphatic rings. The molecule has 21 heavy (non-hydrogen) atoms. The van der Waals surface area contributed by atoms with Gasteiger partial charge < -0.3 is 10.6 Å². The number of nitrogens with one attached hydrogen (secondary N) is 2. The first-order valence-corrected chi connectivity index (χ1v) is 7.32. The highest BCUT2D eigenvalue weighted by atomic mass is 32.1. The van der Waals surface area contributed by atoms with E-state index in [0.717, 1.165) is 12.1 Å². The minimum absolute atomic E-state index is 0.225. The Labute approximate surface area is 129 Å². The molecule has 112 valence electrons. The largest absolute Gasteiger partial charge is 0.360 e. The van der Waals surface area contributed by atoms with Crippen LogP contribution in [0.3, 0.4) is 0 Å². The van der Waals surface area contributed by atoms with Crippen LogP contribution in [0.4, 0.5) is 10.1 Å². The van der Waals surface area contributed by atoms with Crippen molar-refractivity contribution in [3.63, 3.8) is 0 Å². The summed E-state index contributed by atoms with van der Waals surface area (Å²) >= 11 is 5.22. The van der Waals surface area contributed by atoms with Crippen LogP contribution < -0.4 is 10.6 Å². The second kappa shape index (κ2) is 7.17. The lowest BCUT2D eigenvalue weighted by molar-refractivity contribution is 0.585. The van der Waals surface area contributed by atoms with Gasteiger partial charge in [-0.25, -0.2) is 4.39 Å². The molecule has 0 aliphatic heterocycles. The van der Waals surface area contributed by atoms with Crippen LogP contribution in [0.2, 0.25) is 0 Å². The van der Waals surface area contributed by atoms with Crippen LogP contribution in [0.15, 0.2) is 36.7 Å². The summed E-state index contributed by atoms with van der Waals surface area (Å²) < 4.78 is 15.3. The SMILES string of the molecule is CCC(C)NC(=S)Nc1cnn(Cc2ccccc2F)c1. The third-order valence-corrected chi connectivity index (χ3v) is 3.39. The van der Waals surface area contributed by atoms with Crippen molar-refractivity contribution in [2.45, 2.75) is 32.9 Å². The topological polar surface area (TPSA) is 41.9 Å². The lowest BCUT2D eigenvalue weighted by atomic mass is 10.2. The van der Waals surface area contributed by atoms with E-state index < -0.39 is 0 Å². The summed E-state index contributed by atoms with van der Waals surface area (Å²) in [7, 11) is 0. The van der Waals surface area contributed by atoms with Gasteiger partial charge in [-0.3, -0.25) is 4.68 Å². The van der Waals surface area contributed by atoms with E-state index in [0.29, 0.717) is 23.3 Å². The highest BCUT2D eigenvalue weighted by molar-refractivity contribution is 7.80. The van der Waals surface area contributed by atoms with Gasteiger partial charge in [0.1, 0.15) is 5.82 Å². The number of anilines is 1. The molecule has 1 aromatic heterocycles. The first-order valence-electron chi connectivity index (χ1n) is 6.92. The normalized spacial score (nSPS) is 12.0. The first kappa shape index (κ1) is 15.4. The van der Waals surface area contributed by atoms with Crippen molar-refractivity contribution >= 4 is 23.0 Å². The number of hydrogen-bond acceptors (Lipinski definition) is 2. The maximum Gasteiger partial charge on any atom is 0.171 e. The van der Waals surface area contributed by atoms with Crippen LogP contribution in [0, 0.1) is 5.82 Å². The molecule has 1 unspecified atom stereocenters. The Kier molecular flexibility index (Phi) is 5.27. The molecule has 0 spiro atoms. The van der Waals surface area contributed by atoms with Gasteiger partial charge in [-0.2, -0.15) is 5.10 Å². The third-order valence-electron chi connectivity index (χ3n) is 3.17. The van der Waals surface area contributed by atoms with Crippen LogP contribution in [-0.4, -0.2) is 20.9 Å². The lowest BCUT2D eigenvalue weighted by Crippen LogP contribution is -2.35. The van der Waals surface area contributed by atoms with E-state index in [-0.39, 0.29) is 5.82 Å². The zero-order chi connectivity index (χ0) is 15.2. The first-order chi connectivity index (χ1) is 10.1. The Bertz CT molecular complexity index is 611. The molecule has 1 heterocycles. The molecule has 2 aromatic rings. The van der Waals surface area contributed by atoms with E-state index in [1.54, 1.807) is 29.2 Å². The number of benzene rings is 1. The molecule has 0 fully saturated rings. The average Bonchev–Trinajstić information content (AvgIpc) is 2.88. The van der Waals surface area contributed by atoms with Crippen LogP contribution in [0.1, 0.15) is 25.8 Å². The minimum atomic E-state index is -0.225. The maximum absolute atomic E-state index is 13.6. The zero-order valence-electron chi connectivity index (χ0n) is 12.1. The molecule has 2 rings (SSSR count). The molecule has 0 amide bonds. The summed E-state index contributed by atoms with van der Waals surface area (Å²) in [4.78, 5) is 0. The fourth-order valence-corrected chi connectivity index (χ4v) is 2.13. The van der Waals surface area contributed by atoms with Gasteiger partial charge in [-0.15, -0.1) is 0 Å². The van der Waals surface area contributed by atoms with E-state index in [4.69, 9.17) is 12.2 Å². The highest BCUT2D eigenvalue weighted by Crippen LogP contribution is 2.11. The molecule has 1 atom stereocenters. The van der Waals surface area contributed by atoms with Gasteiger partial charge >= 0.3 is 0 Å². The molecule has 1 aromatic carbocycles. The summed E-state index contributed by atoms with van der Waals surface area (Å²) in [5.41, 5.74) is 1.39. The van der Waals surface area contributed by atoms with Crippen LogP contribution in [0.5, 0.6) is 0 Å². The van der Waals surface area contributed by atoms with E-state index in [2.05, 4.69) is 29.6 Å². The molecular weight excluding hydrogens is 287 g/mol. The van der Waals surface area contributed by atoms with Gasteiger partial charge in [0.25, 0.3) is 0 Å². The van der Waals surface area contributed by atoms with Crippen LogP contribution in [-0.2, 0) is 6.54 Å². The van der Waals surface area contributed by atoms with Gasteiger partial charge in [0.2, 0.25) is 0 Å². The van der Waals surface area contributed by atoms with Crippen molar-refractivity contribution in [2.75, 3.05) is 5.32 Å². The lowest BCUT2D eigenvalue weighted by Gasteiger charge is -2.14. The van der Waals surface area contributed by atoms with Gasteiger partial charge in [-0.1, -0.05) is 25.1 Å². The van der Waals surface area contributed by atoms with E-state index >= 15 is 0 Å². The van der Waals surface area contributed by atoms with Crippen molar-refractivity contribution in [1.29, 1.82) is 0 Å². The quantitative estimate of drug-likeness (QED) is 0.833. The molecular formula is C15H19FN4S. The van der Waals surface area contributed by atoms with Crippen molar-refractivity contribution in [2.24, 2.45) is 0 Å². The van der Waals surface area contributed by atoms with Gasteiger partial charge in [0.05, 0.1) is 18.4 Å². The predicted octanol–water partition coefficient (Wildman–Crippen LogP) is 3.16. The smallest absolute Gasteiger partial charge is 0.171 e. The second-order valence-corrected chi connectivity index (χ2v) is 5.33. The van der Waals surface area contributed by atoms with Gasteiger partial charge in [0.15, 0.2) is 5.11 Å². The minimum Gasteiger partial charge on any atom is -0.360 e.